The lowest BCUT2D eigenvalue weighted by Gasteiger charge is -2.07. The molecule has 0 fully saturated rings. The normalized spacial score (nSPS) is 9.25. The van der Waals surface area contributed by atoms with E-state index in [2.05, 4.69) is 6.92 Å². The fourth-order valence-electron chi connectivity index (χ4n) is 1.53. The number of aryl methyl sites for hydroxylation is 2. The molecule has 2 nitrogen and oxygen atoms in total. The zero-order valence-electron chi connectivity index (χ0n) is 10.7. The molecule has 90 valence electrons. The van der Waals surface area contributed by atoms with Crippen LogP contribution in [0.1, 0.15) is 55.1 Å². The molecule has 0 heterocycles. The zero-order valence-corrected chi connectivity index (χ0v) is 10.7. The van der Waals surface area contributed by atoms with Crippen molar-refractivity contribution in [1.82, 2.24) is 0 Å². The number of aromatic hydroxyl groups is 1. The number of unbranched alkanes of at least 4 members (excludes halogenated alkanes) is 1. The summed E-state index contributed by atoms with van der Waals surface area (Å²) in [7, 11) is 0. The van der Waals surface area contributed by atoms with Gasteiger partial charge in [0, 0.05) is 0 Å². The average molecular weight is 222 g/mol. The van der Waals surface area contributed by atoms with E-state index in [0.717, 1.165) is 30.4 Å². The summed E-state index contributed by atoms with van der Waals surface area (Å²) in [5.74, 6) is 0.152. The third kappa shape index (κ3) is 4.05. The van der Waals surface area contributed by atoms with E-state index >= 15 is 0 Å². The maximum atomic E-state index is 10.6. The van der Waals surface area contributed by atoms with Crippen LogP contribution in [0.25, 0.3) is 0 Å². The van der Waals surface area contributed by atoms with Crippen LogP contribution in [0.2, 0.25) is 0 Å². The summed E-state index contributed by atoms with van der Waals surface area (Å²) in [5, 5.41) is 9.71. The first-order valence-electron chi connectivity index (χ1n) is 5.96. The molecule has 2 heteroatoms. The van der Waals surface area contributed by atoms with E-state index < -0.39 is 0 Å². The van der Waals surface area contributed by atoms with E-state index in [0.29, 0.717) is 11.8 Å². The van der Waals surface area contributed by atoms with Crippen molar-refractivity contribution in [2.75, 3.05) is 0 Å². The van der Waals surface area contributed by atoms with Crippen LogP contribution < -0.4 is 0 Å². The standard InChI is InChI=1S/C12H16O2.C2H6/c1-3-4-5-10-6-9(2)7-11(8-13)12(10)14;1-2/h6-8,14H,3-5H2,1-2H3;1-2H3. The summed E-state index contributed by atoms with van der Waals surface area (Å²) in [5.41, 5.74) is 2.31. The van der Waals surface area contributed by atoms with E-state index in [9.17, 15) is 9.90 Å². The highest BCUT2D eigenvalue weighted by molar-refractivity contribution is 5.80. The van der Waals surface area contributed by atoms with Crippen molar-refractivity contribution in [3.05, 3.63) is 28.8 Å². The quantitative estimate of drug-likeness (QED) is 0.785. The van der Waals surface area contributed by atoms with E-state index in [1.54, 1.807) is 6.07 Å². The first kappa shape index (κ1) is 14.7. The Kier molecular flexibility index (Phi) is 7.27. The topological polar surface area (TPSA) is 37.3 Å². The Morgan fingerprint density at radius 3 is 2.44 bits per heavy atom. The summed E-state index contributed by atoms with van der Waals surface area (Å²) in [6.07, 6.45) is 3.67. The Morgan fingerprint density at radius 2 is 1.94 bits per heavy atom. The van der Waals surface area contributed by atoms with Crippen LogP contribution in [0, 0.1) is 6.92 Å². The Bertz CT molecular complexity index is 330. The minimum atomic E-state index is 0.152. The molecule has 0 spiro atoms. The number of carbonyl (C=O) groups excluding carboxylic acids is 1. The first-order chi connectivity index (χ1) is 7.69. The minimum absolute atomic E-state index is 0.152. The van der Waals surface area contributed by atoms with Crippen molar-refractivity contribution >= 4 is 6.29 Å². The van der Waals surface area contributed by atoms with Crippen molar-refractivity contribution in [3.8, 4) is 5.75 Å². The molecule has 0 aliphatic rings. The molecule has 1 aromatic carbocycles. The largest absolute Gasteiger partial charge is 0.507 e. The molecular formula is C14H22O2. The van der Waals surface area contributed by atoms with E-state index in [4.69, 9.17) is 0 Å². The van der Waals surface area contributed by atoms with Gasteiger partial charge in [-0.3, -0.25) is 4.79 Å². The average Bonchev–Trinajstić information content (AvgIpc) is 2.32. The van der Waals surface area contributed by atoms with Crippen LogP contribution in [0.3, 0.4) is 0 Å². The summed E-state index contributed by atoms with van der Waals surface area (Å²) in [6, 6.07) is 3.65. The Hall–Kier alpha value is -1.31. The van der Waals surface area contributed by atoms with Gasteiger partial charge < -0.3 is 5.11 Å². The second-order valence-corrected chi connectivity index (χ2v) is 3.58. The predicted molar refractivity (Wildman–Crippen MR) is 68.2 cm³/mol. The highest BCUT2D eigenvalue weighted by Crippen LogP contribution is 2.24. The molecular weight excluding hydrogens is 200 g/mol. The lowest BCUT2D eigenvalue weighted by molar-refractivity contribution is 0.112. The minimum Gasteiger partial charge on any atom is -0.507 e. The molecule has 0 amide bonds. The number of phenols is 1. The second kappa shape index (κ2) is 7.91. The smallest absolute Gasteiger partial charge is 0.153 e. The molecule has 1 N–H and O–H groups in total. The van der Waals surface area contributed by atoms with Gasteiger partial charge in [-0.25, -0.2) is 0 Å². The van der Waals surface area contributed by atoms with Crippen molar-refractivity contribution in [1.29, 1.82) is 0 Å². The van der Waals surface area contributed by atoms with E-state index in [-0.39, 0.29) is 5.75 Å². The number of hydrogen-bond donors (Lipinski definition) is 1. The van der Waals surface area contributed by atoms with Gasteiger partial charge in [0.25, 0.3) is 0 Å². The number of carbonyl (C=O) groups is 1. The van der Waals surface area contributed by atoms with Gasteiger partial charge in [-0.1, -0.05) is 33.3 Å². The Morgan fingerprint density at radius 1 is 1.31 bits per heavy atom. The van der Waals surface area contributed by atoms with Crippen molar-refractivity contribution in [2.24, 2.45) is 0 Å². The molecule has 0 aromatic heterocycles. The molecule has 0 aliphatic heterocycles. The summed E-state index contributed by atoms with van der Waals surface area (Å²) < 4.78 is 0. The molecule has 0 radical (unpaired) electrons. The lowest BCUT2D eigenvalue weighted by atomic mass is 10.0. The van der Waals surface area contributed by atoms with Crippen molar-refractivity contribution in [3.63, 3.8) is 0 Å². The van der Waals surface area contributed by atoms with Gasteiger partial charge in [0.05, 0.1) is 5.56 Å². The van der Waals surface area contributed by atoms with E-state index in [1.165, 1.54) is 0 Å². The molecule has 0 unspecified atom stereocenters. The molecule has 0 saturated carbocycles. The first-order valence-corrected chi connectivity index (χ1v) is 5.96. The monoisotopic (exact) mass is 222 g/mol. The Labute approximate surface area is 98.3 Å². The Balaban J connectivity index is 0.00000106. The highest BCUT2D eigenvalue weighted by atomic mass is 16.3. The van der Waals surface area contributed by atoms with Crippen LogP contribution in [0.4, 0.5) is 0 Å². The lowest BCUT2D eigenvalue weighted by Crippen LogP contribution is -1.92. The third-order valence-corrected chi connectivity index (χ3v) is 2.29. The molecule has 0 bridgehead atoms. The number of benzene rings is 1. The van der Waals surface area contributed by atoms with Gasteiger partial charge in [0.1, 0.15) is 5.75 Å². The van der Waals surface area contributed by atoms with Crippen molar-refractivity contribution in [2.45, 2.75) is 47.0 Å². The van der Waals surface area contributed by atoms with Gasteiger partial charge in [-0.05, 0) is 37.0 Å². The fourth-order valence-corrected chi connectivity index (χ4v) is 1.53. The zero-order chi connectivity index (χ0) is 12.6. The van der Waals surface area contributed by atoms with Crippen LogP contribution >= 0.6 is 0 Å². The van der Waals surface area contributed by atoms with Crippen molar-refractivity contribution < 1.29 is 9.90 Å². The third-order valence-electron chi connectivity index (χ3n) is 2.29. The van der Waals surface area contributed by atoms with Gasteiger partial charge in [0.2, 0.25) is 0 Å². The molecule has 1 aromatic rings. The summed E-state index contributed by atoms with van der Waals surface area (Å²) >= 11 is 0. The predicted octanol–water partition coefficient (Wildman–Crippen LogP) is 3.88. The number of rotatable bonds is 4. The maximum absolute atomic E-state index is 10.6. The van der Waals surface area contributed by atoms with Crippen LogP contribution in [0.5, 0.6) is 5.75 Å². The molecule has 0 saturated heterocycles. The summed E-state index contributed by atoms with van der Waals surface area (Å²) in [4.78, 5) is 10.6. The van der Waals surface area contributed by atoms with Gasteiger partial charge in [0.15, 0.2) is 6.29 Å². The molecule has 1 rings (SSSR count). The number of aldehydes is 1. The molecule has 0 aliphatic carbocycles. The molecule has 0 atom stereocenters. The SMILES string of the molecule is CC.CCCCc1cc(C)cc(C=O)c1O. The molecule has 16 heavy (non-hydrogen) atoms. The van der Waals surface area contributed by atoms with Crippen LogP contribution in [-0.4, -0.2) is 11.4 Å². The van der Waals surface area contributed by atoms with Gasteiger partial charge >= 0.3 is 0 Å². The number of hydrogen-bond acceptors (Lipinski definition) is 2. The van der Waals surface area contributed by atoms with E-state index in [1.807, 2.05) is 26.8 Å². The number of phenolic OH excluding ortho intramolecular Hbond substituents is 1. The fraction of sp³-hybridized carbons (Fsp3) is 0.500. The highest BCUT2D eigenvalue weighted by Gasteiger charge is 2.07. The summed E-state index contributed by atoms with van der Waals surface area (Å²) in [6.45, 7) is 8.04. The van der Waals surface area contributed by atoms with Gasteiger partial charge in [-0.15, -0.1) is 0 Å². The van der Waals surface area contributed by atoms with Crippen LogP contribution in [-0.2, 0) is 6.42 Å². The van der Waals surface area contributed by atoms with Gasteiger partial charge in [-0.2, -0.15) is 0 Å². The maximum Gasteiger partial charge on any atom is 0.153 e. The second-order valence-electron chi connectivity index (χ2n) is 3.58. The van der Waals surface area contributed by atoms with Crippen LogP contribution in [0.15, 0.2) is 12.1 Å².